The summed E-state index contributed by atoms with van der Waals surface area (Å²) >= 11 is 0. The van der Waals surface area contributed by atoms with Crippen molar-refractivity contribution in [3.8, 4) is 0 Å². The van der Waals surface area contributed by atoms with Gasteiger partial charge in [-0.3, -0.25) is 4.79 Å². The summed E-state index contributed by atoms with van der Waals surface area (Å²) in [4.78, 5) is 15.3. The molecule has 2 heterocycles. The molecule has 1 aromatic heterocycles. The second-order valence-electron chi connectivity index (χ2n) is 4.06. The Labute approximate surface area is 93.3 Å². The molecule has 1 aliphatic heterocycles. The number of pyridine rings is 1. The maximum Gasteiger partial charge on any atom is 0.241 e. The first-order chi connectivity index (χ1) is 7.66. The molecule has 2 atom stereocenters. The fourth-order valence-electron chi connectivity index (χ4n) is 1.86. The van der Waals surface area contributed by atoms with E-state index < -0.39 is 5.95 Å². The lowest BCUT2D eigenvalue weighted by Crippen LogP contribution is -2.39. The van der Waals surface area contributed by atoms with Gasteiger partial charge in [0.1, 0.15) is 0 Å². The van der Waals surface area contributed by atoms with Crippen molar-refractivity contribution in [1.82, 2.24) is 10.3 Å². The summed E-state index contributed by atoms with van der Waals surface area (Å²) in [6.45, 7) is 2.90. The summed E-state index contributed by atoms with van der Waals surface area (Å²) in [5.41, 5.74) is 0.521. The van der Waals surface area contributed by atoms with Crippen LogP contribution in [0, 0.1) is 11.9 Å². The molecule has 86 valence electrons. The number of hydrogen-bond acceptors (Lipinski definition) is 3. The van der Waals surface area contributed by atoms with Crippen LogP contribution in [-0.4, -0.2) is 23.5 Å². The number of carbonyl (C=O) groups excluding carboxylic acids is 1. The lowest BCUT2D eigenvalue weighted by Gasteiger charge is -2.15. The zero-order valence-corrected chi connectivity index (χ0v) is 9.03. The summed E-state index contributed by atoms with van der Waals surface area (Å²) in [5, 5.41) is 5.84. The molecule has 1 aliphatic rings. The molecule has 2 unspecified atom stereocenters. The number of anilines is 1. The minimum Gasteiger partial charge on any atom is -0.323 e. The van der Waals surface area contributed by atoms with E-state index in [9.17, 15) is 9.18 Å². The van der Waals surface area contributed by atoms with Gasteiger partial charge in [0.25, 0.3) is 0 Å². The highest BCUT2D eigenvalue weighted by molar-refractivity contribution is 5.95. The molecule has 2 N–H and O–H groups in total. The molecule has 0 spiro atoms. The van der Waals surface area contributed by atoms with Gasteiger partial charge in [-0.1, -0.05) is 6.92 Å². The maximum absolute atomic E-state index is 12.6. The van der Waals surface area contributed by atoms with E-state index in [1.54, 1.807) is 0 Å². The van der Waals surface area contributed by atoms with Crippen LogP contribution in [0.2, 0.25) is 0 Å². The zero-order chi connectivity index (χ0) is 11.5. The molecule has 5 heteroatoms. The average Bonchev–Trinajstić information content (AvgIpc) is 2.68. The molecule has 0 bridgehead atoms. The highest BCUT2D eigenvalue weighted by Crippen LogP contribution is 2.16. The fourth-order valence-corrected chi connectivity index (χ4v) is 1.86. The van der Waals surface area contributed by atoms with Crippen molar-refractivity contribution in [2.24, 2.45) is 5.92 Å². The van der Waals surface area contributed by atoms with Crippen LogP contribution >= 0.6 is 0 Å². The molecule has 4 nitrogen and oxygen atoms in total. The van der Waals surface area contributed by atoms with Crippen molar-refractivity contribution in [2.45, 2.75) is 19.4 Å². The van der Waals surface area contributed by atoms with Gasteiger partial charge in [0.2, 0.25) is 11.9 Å². The summed E-state index contributed by atoms with van der Waals surface area (Å²) < 4.78 is 12.6. The zero-order valence-electron chi connectivity index (χ0n) is 9.03. The molecular formula is C11H14FN3O. The van der Waals surface area contributed by atoms with Gasteiger partial charge in [0.15, 0.2) is 0 Å². The van der Waals surface area contributed by atoms with Crippen LogP contribution in [0.5, 0.6) is 0 Å². The van der Waals surface area contributed by atoms with E-state index in [1.165, 1.54) is 18.3 Å². The Morgan fingerprint density at radius 1 is 1.62 bits per heavy atom. The maximum atomic E-state index is 12.6. The van der Waals surface area contributed by atoms with E-state index in [-0.39, 0.29) is 11.9 Å². The number of nitrogens with one attached hydrogen (secondary N) is 2. The third-order valence-electron chi connectivity index (χ3n) is 2.81. The normalized spacial score (nSPS) is 24.4. The second-order valence-corrected chi connectivity index (χ2v) is 4.06. The standard InChI is InChI=1S/C11H14FN3O/c1-7-4-5-13-10(7)11(16)15-8-2-3-9(12)14-6-8/h2-3,6-7,10,13H,4-5H2,1H3,(H,15,16). The molecule has 1 saturated heterocycles. The first kappa shape index (κ1) is 11.0. The van der Waals surface area contributed by atoms with Gasteiger partial charge in [0.05, 0.1) is 17.9 Å². The molecule has 1 amide bonds. The molecule has 0 aliphatic carbocycles. The molecule has 0 aromatic carbocycles. The van der Waals surface area contributed by atoms with E-state index in [4.69, 9.17) is 0 Å². The monoisotopic (exact) mass is 223 g/mol. The average molecular weight is 223 g/mol. The molecular weight excluding hydrogens is 209 g/mol. The molecule has 0 radical (unpaired) electrons. The number of carbonyl (C=O) groups is 1. The lowest BCUT2D eigenvalue weighted by molar-refractivity contribution is -0.118. The number of nitrogens with zero attached hydrogens (tertiary/aromatic N) is 1. The number of hydrogen-bond donors (Lipinski definition) is 2. The summed E-state index contributed by atoms with van der Waals surface area (Å²) in [7, 11) is 0. The third kappa shape index (κ3) is 2.36. The minimum atomic E-state index is -0.551. The van der Waals surface area contributed by atoms with E-state index >= 15 is 0 Å². The van der Waals surface area contributed by atoms with Crippen molar-refractivity contribution in [3.05, 3.63) is 24.3 Å². The largest absolute Gasteiger partial charge is 0.323 e. The number of amides is 1. The first-order valence-electron chi connectivity index (χ1n) is 5.32. The second kappa shape index (κ2) is 4.57. The lowest BCUT2D eigenvalue weighted by atomic mass is 10.0. The predicted molar refractivity (Wildman–Crippen MR) is 58.4 cm³/mol. The summed E-state index contributed by atoms with van der Waals surface area (Å²) in [6.07, 6.45) is 2.31. The Morgan fingerprint density at radius 2 is 2.44 bits per heavy atom. The van der Waals surface area contributed by atoms with E-state index in [1.807, 2.05) is 6.92 Å². The van der Waals surface area contributed by atoms with E-state index in [0.717, 1.165) is 13.0 Å². The number of aromatic nitrogens is 1. The van der Waals surface area contributed by atoms with Crippen molar-refractivity contribution in [1.29, 1.82) is 0 Å². The van der Waals surface area contributed by atoms with Crippen molar-refractivity contribution in [2.75, 3.05) is 11.9 Å². The molecule has 1 aromatic rings. The van der Waals surface area contributed by atoms with E-state index in [0.29, 0.717) is 11.6 Å². The van der Waals surface area contributed by atoms with Gasteiger partial charge in [-0.05, 0) is 31.0 Å². The van der Waals surface area contributed by atoms with Crippen molar-refractivity contribution < 1.29 is 9.18 Å². The number of rotatable bonds is 2. The van der Waals surface area contributed by atoms with Gasteiger partial charge in [-0.15, -0.1) is 0 Å². The number of halogens is 1. The Balaban J connectivity index is 1.99. The topological polar surface area (TPSA) is 54.0 Å². The van der Waals surface area contributed by atoms with Gasteiger partial charge in [-0.25, -0.2) is 4.98 Å². The predicted octanol–water partition coefficient (Wildman–Crippen LogP) is 1.16. The van der Waals surface area contributed by atoms with Gasteiger partial charge >= 0.3 is 0 Å². The third-order valence-corrected chi connectivity index (χ3v) is 2.81. The molecule has 1 fully saturated rings. The van der Waals surface area contributed by atoms with Crippen molar-refractivity contribution in [3.63, 3.8) is 0 Å². The van der Waals surface area contributed by atoms with Crippen LogP contribution in [0.4, 0.5) is 10.1 Å². The molecule has 2 rings (SSSR count). The van der Waals surface area contributed by atoms with Gasteiger partial charge < -0.3 is 10.6 Å². The van der Waals surface area contributed by atoms with Crippen molar-refractivity contribution >= 4 is 11.6 Å². The Hall–Kier alpha value is -1.49. The Morgan fingerprint density at radius 3 is 3.00 bits per heavy atom. The Bertz CT molecular complexity index is 379. The van der Waals surface area contributed by atoms with Crippen LogP contribution in [0.3, 0.4) is 0 Å². The van der Waals surface area contributed by atoms with Gasteiger partial charge in [-0.2, -0.15) is 4.39 Å². The summed E-state index contributed by atoms with van der Waals surface area (Å²) in [5.74, 6) is -0.308. The van der Waals surface area contributed by atoms with Crippen LogP contribution in [0.1, 0.15) is 13.3 Å². The van der Waals surface area contributed by atoms with Crippen LogP contribution < -0.4 is 10.6 Å². The van der Waals surface area contributed by atoms with E-state index in [2.05, 4.69) is 15.6 Å². The van der Waals surface area contributed by atoms with Crippen LogP contribution in [0.25, 0.3) is 0 Å². The smallest absolute Gasteiger partial charge is 0.241 e. The van der Waals surface area contributed by atoms with Crippen LogP contribution in [-0.2, 0) is 4.79 Å². The van der Waals surface area contributed by atoms with Crippen LogP contribution in [0.15, 0.2) is 18.3 Å². The minimum absolute atomic E-state index is 0.0848. The fraction of sp³-hybridized carbons (Fsp3) is 0.455. The SMILES string of the molecule is CC1CCNC1C(=O)Nc1ccc(F)nc1. The quantitative estimate of drug-likeness (QED) is 0.740. The highest BCUT2D eigenvalue weighted by Gasteiger charge is 2.29. The molecule has 16 heavy (non-hydrogen) atoms. The first-order valence-corrected chi connectivity index (χ1v) is 5.32. The Kier molecular flexibility index (Phi) is 3.14. The van der Waals surface area contributed by atoms with Gasteiger partial charge in [0, 0.05) is 0 Å². The summed E-state index contributed by atoms with van der Waals surface area (Å²) in [6, 6.07) is 2.56. The highest BCUT2D eigenvalue weighted by atomic mass is 19.1. The molecule has 0 saturated carbocycles.